The third-order valence-corrected chi connectivity index (χ3v) is 10.7. The van der Waals surface area contributed by atoms with Crippen LogP contribution in [0.1, 0.15) is 114 Å². The molecule has 0 spiro atoms. The number of rotatable bonds is 8. The fourth-order valence-electron chi connectivity index (χ4n) is 7.82. The number of allylic oxidation sites excluding steroid dienone is 7. The Balaban J connectivity index is 1.36. The van der Waals surface area contributed by atoms with Crippen molar-refractivity contribution in [3.8, 4) is 0 Å². The van der Waals surface area contributed by atoms with E-state index >= 15 is 0 Å². The van der Waals surface area contributed by atoms with E-state index in [1.165, 1.54) is 96.9 Å². The van der Waals surface area contributed by atoms with Gasteiger partial charge in [-0.25, -0.2) is 0 Å². The SMILES string of the molecule is C=C(NC1CCC2CC[C@H](CC1)C2)/C1=C/C=C(CC(C2=CNCC(CC)C2)c2cccc(C)c2C)\C=C(/C)CC1. The molecule has 0 radical (unpaired) electrons. The van der Waals surface area contributed by atoms with Crippen LogP contribution in [0.2, 0.25) is 0 Å². The number of hydrogen-bond acceptors (Lipinski definition) is 2. The van der Waals surface area contributed by atoms with Crippen LogP contribution in [0.3, 0.4) is 0 Å². The Bertz CT molecular complexity index is 1160. The molecule has 2 nitrogen and oxygen atoms in total. The van der Waals surface area contributed by atoms with Crippen molar-refractivity contribution in [2.45, 2.75) is 117 Å². The standard InChI is InChI=1S/C38H54N2/c1-6-30-22-35(25-39-24-30)38(37-9-7-8-27(3)28(37)4)23-33-13-17-34(16-10-26(2)20-33)29(5)40-36-18-14-31-11-12-32(21-31)15-19-36/h7-9,13,17,20,25,30-32,36,38-40H,5-6,10-12,14-16,18-19,21-24H2,1-4H3/b26-20+,33-13+,34-17+/t30?,31-,32?,36?,38?/m1/s1. The molecule has 1 aromatic carbocycles. The first-order valence-electron chi connectivity index (χ1n) is 16.4. The van der Waals surface area contributed by atoms with Crippen LogP contribution in [-0.4, -0.2) is 12.6 Å². The van der Waals surface area contributed by atoms with Gasteiger partial charge in [0.25, 0.3) is 0 Å². The third-order valence-electron chi connectivity index (χ3n) is 10.7. The molecule has 3 aliphatic carbocycles. The third kappa shape index (κ3) is 7.23. The summed E-state index contributed by atoms with van der Waals surface area (Å²) in [6, 6.07) is 7.47. The molecule has 4 unspecified atom stereocenters. The van der Waals surface area contributed by atoms with Gasteiger partial charge in [-0.3, -0.25) is 0 Å². The number of nitrogens with one attached hydrogen (secondary N) is 2. The number of aryl methyl sites for hydroxylation is 1. The highest BCUT2D eigenvalue weighted by molar-refractivity contribution is 5.44. The molecule has 0 saturated heterocycles. The van der Waals surface area contributed by atoms with Crippen LogP contribution in [-0.2, 0) is 0 Å². The topological polar surface area (TPSA) is 24.1 Å². The van der Waals surface area contributed by atoms with Crippen LogP contribution in [0, 0.1) is 31.6 Å². The predicted octanol–water partition coefficient (Wildman–Crippen LogP) is 9.74. The summed E-state index contributed by atoms with van der Waals surface area (Å²) in [6.45, 7) is 14.9. The summed E-state index contributed by atoms with van der Waals surface area (Å²) in [5.74, 6) is 3.09. The fourth-order valence-corrected chi connectivity index (χ4v) is 7.82. The second-order valence-corrected chi connectivity index (χ2v) is 13.6. The highest BCUT2D eigenvalue weighted by Gasteiger charge is 2.29. The minimum atomic E-state index is 0.403. The molecule has 1 aromatic rings. The van der Waals surface area contributed by atoms with Gasteiger partial charge in [0.15, 0.2) is 0 Å². The molecule has 5 rings (SSSR count). The van der Waals surface area contributed by atoms with Crippen molar-refractivity contribution in [1.29, 1.82) is 0 Å². The van der Waals surface area contributed by atoms with Crippen LogP contribution >= 0.6 is 0 Å². The van der Waals surface area contributed by atoms with Crippen LogP contribution in [0.4, 0.5) is 0 Å². The first-order valence-corrected chi connectivity index (χ1v) is 16.4. The van der Waals surface area contributed by atoms with Gasteiger partial charge in [0.05, 0.1) is 0 Å². The smallest absolute Gasteiger partial charge is 0.0301 e. The van der Waals surface area contributed by atoms with Crippen molar-refractivity contribution in [1.82, 2.24) is 10.6 Å². The van der Waals surface area contributed by atoms with Crippen molar-refractivity contribution >= 4 is 0 Å². The van der Waals surface area contributed by atoms with E-state index in [0.717, 1.165) is 43.6 Å². The summed E-state index contributed by atoms with van der Waals surface area (Å²) in [5, 5.41) is 7.56. The first-order chi connectivity index (χ1) is 19.4. The van der Waals surface area contributed by atoms with Gasteiger partial charge in [-0.2, -0.15) is 0 Å². The zero-order valence-electron chi connectivity index (χ0n) is 25.8. The van der Waals surface area contributed by atoms with Crippen molar-refractivity contribution < 1.29 is 0 Å². The van der Waals surface area contributed by atoms with E-state index in [2.05, 4.69) is 87.5 Å². The van der Waals surface area contributed by atoms with Crippen molar-refractivity contribution in [2.75, 3.05) is 6.54 Å². The van der Waals surface area contributed by atoms with E-state index < -0.39 is 0 Å². The lowest BCUT2D eigenvalue weighted by molar-refractivity contribution is 0.337. The molecule has 5 atom stereocenters. The van der Waals surface area contributed by atoms with Crippen LogP contribution in [0.5, 0.6) is 0 Å². The van der Waals surface area contributed by atoms with E-state index in [-0.39, 0.29) is 0 Å². The number of hydrogen-bond donors (Lipinski definition) is 2. The van der Waals surface area contributed by atoms with Crippen molar-refractivity contribution in [3.63, 3.8) is 0 Å². The molecule has 40 heavy (non-hydrogen) atoms. The minimum absolute atomic E-state index is 0.403. The largest absolute Gasteiger partial charge is 0.391 e. The maximum atomic E-state index is 4.58. The summed E-state index contributed by atoms with van der Waals surface area (Å²) < 4.78 is 0. The molecule has 1 aliphatic heterocycles. The van der Waals surface area contributed by atoms with Gasteiger partial charge < -0.3 is 10.6 Å². The Morgan fingerprint density at radius 3 is 2.50 bits per heavy atom. The van der Waals surface area contributed by atoms with E-state index in [1.54, 1.807) is 5.57 Å². The van der Waals surface area contributed by atoms with Gasteiger partial charge in [-0.15, -0.1) is 0 Å². The second kappa shape index (κ2) is 13.5. The lowest BCUT2D eigenvalue weighted by atomic mass is 9.77. The number of benzene rings is 1. The molecule has 0 amide bonds. The average molecular weight is 539 g/mol. The summed E-state index contributed by atoms with van der Waals surface area (Å²) in [7, 11) is 0. The van der Waals surface area contributed by atoms with Gasteiger partial charge in [-0.05, 0) is 136 Å². The van der Waals surface area contributed by atoms with E-state index in [9.17, 15) is 0 Å². The van der Waals surface area contributed by atoms with Crippen LogP contribution in [0.15, 0.2) is 77.2 Å². The van der Waals surface area contributed by atoms with Gasteiger partial charge in [0.2, 0.25) is 0 Å². The monoisotopic (exact) mass is 538 g/mol. The highest BCUT2D eigenvalue weighted by Crippen LogP contribution is 2.41. The maximum Gasteiger partial charge on any atom is 0.0301 e. The zero-order chi connectivity index (χ0) is 28.1. The molecule has 216 valence electrons. The summed E-state index contributed by atoms with van der Waals surface area (Å²) in [4.78, 5) is 0. The summed E-state index contributed by atoms with van der Waals surface area (Å²) in [5.41, 5.74) is 11.4. The zero-order valence-corrected chi connectivity index (χ0v) is 25.8. The van der Waals surface area contributed by atoms with Crippen LogP contribution in [0.25, 0.3) is 0 Å². The van der Waals surface area contributed by atoms with Gasteiger partial charge in [0.1, 0.15) is 0 Å². The molecular formula is C38H54N2. The van der Waals surface area contributed by atoms with Gasteiger partial charge >= 0.3 is 0 Å². The predicted molar refractivity (Wildman–Crippen MR) is 172 cm³/mol. The van der Waals surface area contributed by atoms with Crippen molar-refractivity contribution in [3.05, 3.63) is 93.9 Å². The molecular weight excluding hydrogens is 484 g/mol. The second-order valence-electron chi connectivity index (χ2n) is 13.6. The Kier molecular flexibility index (Phi) is 9.76. The molecule has 2 heteroatoms. The Labute approximate surface area is 245 Å². The fraction of sp³-hybridized carbons (Fsp3) is 0.579. The lowest BCUT2D eigenvalue weighted by Gasteiger charge is -2.30. The van der Waals surface area contributed by atoms with Gasteiger partial charge in [0, 0.05) is 24.2 Å². The summed E-state index contributed by atoms with van der Waals surface area (Å²) >= 11 is 0. The minimum Gasteiger partial charge on any atom is -0.391 e. The molecule has 2 bridgehead atoms. The lowest BCUT2D eigenvalue weighted by Crippen LogP contribution is -2.30. The quantitative estimate of drug-likeness (QED) is 0.344. The van der Waals surface area contributed by atoms with Crippen LogP contribution < -0.4 is 10.6 Å². The molecule has 2 fully saturated rings. The Morgan fingerprint density at radius 2 is 1.75 bits per heavy atom. The molecule has 0 aromatic heterocycles. The van der Waals surface area contributed by atoms with Crippen molar-refractivity contribution in [2.24, 2.45) is 17.8 Å². The first kappa shape index (κ1) is 29.0. The molecule has 4 aliphatic rings. The molecule has 2 saturated carbocycles. The molecule has 2 N–H and O–H groups in total. The Hall–Kier alpha value is -2.48. The highest BCUT2D eigenvalue weighted by atomic mass is 14.9. The Morgan fingerprint density at radius 1 is 1.00 bits per heavy atom. The van der Waals surface area contributed by atoms with E-state index in [4.69, 9.17) is 0 Å². The summed E-state index contributed by atoms with van der Waals surface area (Å²) in [6.07, 6.45) is 25.1. The molecule has 1 heterocycles. The van der Waals surface area contributed by atoms with E-state index in [0.29, 0.717) is 12.0 Å². The van der Waals surface area contributed by atoms with Gasteiger partial charge in [-0.1, -0.05) is 74.8 Å². The maximum absolute atomic E-state index is 4.58. The normalized spacial score (nSPS) is 31.8. The average Bonchev–Trinajstić information content (AvgIpc) is 3.43. The number of fused-ring (bicyclic) bond motifs is 2. The van der Waals surface area contributed by atoms with E-state index in [1.807, 2.05) is 0 Å².